The van der Waals surface area contributed by atoms with Crippen molar-refractivity contribution < 1.29 is 0 Å². The zero-order valence-corrected chi connectivity index (χ0v) is 13.6. The predicted molar refractivity (Wildman–Crippen MR) is 93.6 cm³/mol. The number of anilines is 1. The molecule has 0 unspecified atom stereocenters. The highest BCUT2D eigenvalue weighted by atomic mass is 16.2. The number of nitrogens with one attached hydrogen (secondary N) is 2. The molecule has 1 aliphatic heterocycles. The zero-order chi connectivity index (χ0) is 16.5. The molecule has 2 aromatic rings. The number of benzene rings is 1. The van der Waals surface area contributed by atoms with E-state index in [4.69, 9.17) is 0 Å². The van der Waals surface area contributed by atoms with Crippen LogP contribution >= 0.6 is 0 Å². The summed E-state index contributed by atoms with van der Waals surface area (Å²) in [5.74, 6) is 0.627. The molecule has 0 saturated heterocycles. The third kappa shape index (κ3) is 2.67. The standard InChI is InChI=1S/C18H22N4O2/c23-17-15-11-21(13-7-3-1-4-8-13)12-19-16(15)22(18(24)20-17)14-9-5-2-6-10-14/h2,5-6,9-10,13,19H,1,3-4,7-8,11-12H2,(H,20,23,24). The minimum Gasteiger partial charge on any atom is -0.358 e. The summed E-state index contributed by atoms with van der Waals surface area (Å²) in [7, 11) is 0. The molecule has 24 heavy (non-hydrogen) atoms. The molecule has 0 amide bonds. The summed E-state index contributed by atoms with van der Waals surface area (Å²) in [6.07, 6.45) is 6.20. The van der Waals surface area contributed by atoms with Crippen molar-refractivity contribution >= 4 is 5.82 Å². The summed E-state index contributed by atoms with van der Waals surface area (Å²) < 4.78 is 1.56. The Morgan fingerprint density at radius 1 is 1.00 bits per heavy atom. The lowest BCUT2D eigenvalue weighted by atomic mass is 9.94. The predicted octanol–water partition coefficient (Wildman–Crippen LogP) is 2.04. The van der Waals surface area contributed by atoms with Crippen LogP contribution in [0.5, 0.6) is 0 Å². The van der Waals surface area contributed by atoms with Gasteiger partial charge in [0.2, 0.25) is 0 Å². The van der Waals surface area contributed by atoms with Crippen LogP contribution in [0.2, 0.25) is 0 Å². The highest BCUT2D eigenvalue weighted by Crippen LogP contribution is 2.27. The van der Waals surface area contributed by atoms with Gasteiger partial charge in [0.05, 0.1) is 17.9 Å². The van der Waals surface area contributed by atoms with Crippen LogP contribution in [0.15, 0.2) is 39.9 Å². The lowest BCUT2D eigenvalue weighted by Crippen LogP contribution is -2.47. The summed E-state index contributed by atoms with van der Waals surface area (Å²) in [5, 5.41) is 3.33. The first-order valence-corrected chi connectivity index (χ1v) is 8.65. The summed E-state index contributed by atoms with van der Waals surface area (Å²) in [6, 6.07) is 9.94. The largest absolute Gasteiger partial charge is 0.358 e. The highest BCUT2D eigenvalue weighted by molar-refractivity contribution is 5.51. The Balaban J connectivity index is 1.74. The molecule has 0 radical (unpaired) electrons. The van der Waals surface area contributed by atoms with Crippen LogP contribution in [0.1, 0.15) is 37.7 Å². The van der Waals surface area contributed by atoms with Crippen molar-refractivity contribution in [1.29, 1.82) is 0 Å². The lowest BCUT2D eigenvalue weighted by Gasteiger charge is -2.38. The van der Waals surface area contributed by atoms with E-state index in [0.29, 0.717) is 30.6 Å². The molecule has 1 saturated carbocycles. The lowest BCUT2D eigenvalue weighted by molar-refractivity contribution is 0.152. The van der Waals surface area contributed by atoms with Crippen molar-refractivity contribution in [2.75, 3.05) is 12.0 Å². The Morgan fingerprint density at radius 3 is 2.50 bits per heavy atom. The van der Waals surface area contributed by atoms with E-state index in [1.807, 2.05) is 30.3 Å². The molecule has 2 N–H and O–H groups in total. The number of aromatic amines is 1. The van der Waals surface area contributed by atoms with Gasteiger partial charge in [-0.05, 0) is 25.0 Å². The van der Waals surface area contributed by atoms with Crippen LogP contribution in [0.4, 0.5) is 5.82 Å². The van der Waals surface area contributed by atoms with E-state index in [9.17, 15) is 9.59 Å². The van der Waals surface area contributed by atoms with Gasteiger partial charge in [0.15, 0.2) is 0 Å². The smallest absolute Gasteiger partial charge is 0.334 e. The second-order valence-electron chi connectivity index (χ2n) is 6.63. The van der Waals surface area contributed by atoms with Crippen molar-refractivity contribution in [3.8, 4) is 5.69 Å². The summed E-state index contributed by atoms with van der Waals surface area (Å²) in [4.78, 5) is 29.5. The molecule has 1 aromatic carbocycles. The van der Waals surface area contributed by atoms with Gasteiger partial charge in [-0.15, -0.1) is 0 Å². The van der Waals surface area contributed by atoms with Gasteiger partial charge < -0.3 is 5.32 Å². The fourth-order valence-corrected chi connectivity index (χ4v) is 3.87. The van der Waals surface area contributed by atoms with Crippen molar-refractivity contribution in [2.24, 2.45) is 0 Å². The Hall–Kier alpha value is -2.34. The minimum atomic E-state index is -0.399. The van der Waals surface area contributed by atoms with Gasteiger partial charge in [0.1, 0.15) is 5.82 Å². The SMILES string of the molecule is O=c1[nH]c(=O)n(-c2ccccc2)c2c1CN(C1CCCCC1)CN2. The normalized spacial score (nSPS) is 18.8. The summed E-state index contributed by atoms with van der Waals surface area (Å²) in [6.45, 7) is 1.27. The molecule has 126 valence electrons. The topological polar surface area (TPSA) is 70.1 Å². The van der Waals surface area contributed by atoms with Crippen molar-refractivity contribution in [2.45, 2.75) is 44.7 Å². The molecule has 2 aliphatic rings. The van der Waals surface area contributed by atoms with Crippen LogP contribution in [0, 0.1) is 0 Å². The minimum absolute atomic E-state index is 0.282. The molecule has 0 bridgehead atoms. The number of rotatable bonds is 2. The number of para-hydroxylation sites is 1. The van der Waals surface area contributed by atoms with Gasteiger partial charge >= 0.3 is 5.69 Å². The molecule has 6 heteroatoms. The molecular formula is C18H22N4O2. The monoisotopic (exact) mass is 326 g/mol. The number of fused-ring (bicyclic) bond motifs is 1. The second kappa shape index (κ2) is 6.28. The average molecular weight is 326 g/mol. The molecule has 4 rings (SSSR count). The maximum absolute atomic E-state index is 12.4. The Labute approximate surface area is 140 Å². The quantitative estimate of drug-likeness (QED) is 0.886. The van der Waals surface area contributed by atoms with E-state index in [0.717, 1.165) is 5.69 Å². The molecule has 2 heterocycles. The zero-order valence-electron chi connectivity index (χ0n) is 13.6. The van der Waals surface area contributed by atoms with Gasteiger partial charge in [-0.25, -0.2) is 9.36 Å². The van der Waals surface area contributed by atoms with E-state index in [-0.39, 0.29) is 5.56 Å². The molecule has 6 nitrogen and oxygen atoms in total. The Morgan fingerprint density at radius 2 is 1.75 bits per heavy atom. The first-order valence-electron chi connectivity index (χ1n) is 8.65. The van der Waals surface area contributed by atoms with Gasteiger partial charge in [-0.2, -0.15) is 0 Å². The van der Waals surface area contributed by atoms with E-state index in [1.54, 1.807) is 4.57 Å². The number of hydrogen-bond donors (Lipinski definition) is 2. The number of aromatic nitrogens is 2. The second-order valence-corrected chi connectivity index (χ2v) is 6.63. The van der Waals surface area contributed by atoms with Crippen LogP contribution < -0.4 is 16.6 Å². The Kier molecular flexibility index (Phi) is 3.98. The van der Waals surface area contributed by atoms with E-state index < -0.39 is 5.69 Å². The number of nitrogens with zero attached hydrogens (tertiary/aromatic N) is 2. The molecule has 0 atom stereocenters. The molecule has 0 spiro atoms. The molecule has 1 fully saturated rings. The van der Waals surface area contributed by atoms with Crippen LogP contribution in [0.25, 0.3) is 5.69 Å². The fourth-order valence-electron chi connectivity index (χ4n) is 3.87. The third-order valence-electron chi connectivity index (χ3n) is 5.12. The van der Waals surface area contributed by atoms with E-state index >= 15 is 0 Å². The third-order valence-corrected chi connectivity index (χ3v) is 5.12. The summed E-state index contributed by atoms with van der Waals surface area (Å²) >= 11 is 0. The molecular weight excluding hydrogens is 304 g/mol. The maximum Gasteiger partial charge on any atom is 0.334 e. The first kappa shape index (κ1) is 15.2. The van der Waals surface area contributed by atoms with Crippen molar-refractivity contribution in [3.63, 3.8) is 0 Å². The average Bonchev–Trinajstić information content (AvgIpc) is 2.63. The Bertz CT molecular complexity index is 834. The first-order chi connectivity index (χ1) is 11.7. The van der Waals surface area contributed by atoms with Crippen LogP contribution in [-0.4, -0.2) is 27.2 Å². The number of H-pyrrole nitrogens is 1. The molecule has 1 aromatic heterocycles. The van der Waals surface area contributed by atoms with Crippen molar-refractivity contribution in [3.05, 3.63) is 56.7 Å². The van der Waals surface area contributed by atoms with Gasteiger partial charge in [-0.3, -0.25) is 14.7 Å². The molecule has 1 aliphatic carbocycles. The van der Waals surface area contributed by atoms with Gasteiger partial charge in [-0.1, -0.05) is 37.5 Å². The van der Waals surface area contributed by atoms with E-state index in [2.05, 4.69) is 15.2 Å². The highest BCUT2D eigenvalue weighted by Gasteiger charge is 2.28. The van der Waals surface area contributed by atoms with Crippen LogP contribution in [0.3, 0.4) is 0 Å². The fraction of sp³-hybridized carbons (Fsp3) is 0.444. The van der Waals surface area contributed by atoms with E-state index in [1.165, 1.54) is 32.1 Å². The van der Waals surface area contributed by atoms with Crippen LogP contribution in [-0.2, 0) is 6.54 Å². The van der Waals surface area contributed by atoms with Crippen molar-refractivity contribution in [1.82, 2.24) is 14.5 Å². The maximum atomic E-state index is 12.4. The van der Waals surface area contributed by atoms with Gasteiger partial charge in [0, 0.05) is 12.6 Å². The number of hydrogen-bond acceptors (Lipinski definition) is 4. The van der Waals surface area contributed by atoms with Gasteiger partial charge in [0.25, 0.3) is 5.56 Å². The summed E-state index contributed by atoms with van der Waals surface area (Å²) in [5.41, 5.74) is 0.725.